The first kappa shape index (κ1) is 12.0. The van der Waals surface area contributed by atoms with Crippen molar-refractivity contribution in [2.45, 2.75) is 25.4 Å². The van der Waals surface area contributed by atoms with Crippen molar-refractivity contribution in [2.24, 2.45) is 0 Å². The highest BCUT2D eigenvalue weighted by molar-refractivity contribution is 5.83. The maximum Gasteiger partial charge on any atom is 0.238 e. The van der Waals surface area contributed by atoms with Gasteiger partial charge in [-0.25, -0.2) is 0 Å². The van der Waals surface area contributed by atoms with E-state index < -0.39 is 0 Å². The Bertz CT molecular complexity index is 262. The topological polar surface area (TPSA) is 65.4 Å². The van der Waals surface area contributed by atoms with Crippen LogP contribution in [0.2, 0.25) is 0 Å². The van der Waals surface area contributed by atoms with Crippen LogP contribution in [0.4, 0.5) is 0 Å². The summed E-state index contributed by atoms with van der Waals surface area (Å²) >= 11 is 0. The third kappa shape index (κ3) is 3.18. The van der Waals surface area contributed by atoms with Gasteiger partial charge in [0.05, 0.1) is 19.1 Å². The van der Waals surface area contributed by atoms with Crippen molar-refractivity contribution in [1.82, 2.24) is 10.2 Å². The first-order chi connectivity index (χ1) is 7.19. The van der Waals surface area contributed by atoms with E-state index in [0.717, 1.165) is 6.54 Å². The summed E-state index contributed by atoms with van der Waals surface area (Å²) in [5.74, 6) is -0.0496. The molecule has 0 aromatic rings. The molecule has 1 heterocycles. The summed E-state index contributed by atoms with van der Waals surface area (Å²) in [6, 6.07) is 1.87. The SMILES string of the molecule is COCCN1CC(C)NC(=O)C1CC#N. The maximum absolute atomic E-state index is 11.6. The van der Waals surface area contributed by atoms with Gasteiger partial charge in [-0.05, 0) is 6.92 Å². The fraction of sp³-hybridized carbons (Fsp3) is 0.800. The van der Waals surface area contributed by atoms with Crippen LogP contribution in [0.1, 0.15) is 13.3 Å². The highest BCUT2D eigenvalue weighted by Crippen LogP contribution is 2.10. The minimum atomic E-state index is -0.318. The van der Waals surface area contributed by atoms with Crippen LogP contribution in [0.5, 0.6) is 0 Å². The number of hydrogen-bond acceptors (Lipinski definition) is 4. The third-order valence-corrected chi connectivity index (χ3v) is 2.51. The van der Waals surface area contributed by atoms with E-state index in [1.165, 1.54) is 0 Å². The van der Waals surface area contributed by atoms with Gasteiger partial charge in [0.25, 0.3) is 0 Å². The van der Waals surface area contributed by atoms with E-state index in [1.807, 2.05) is 17.9 Å². The molecule has 1 fully saturated rings. The van der Waals surface area contributed by atoms with E-state index in [9.17, 15) is 4.79 Å². The number of ether oxygens (including phenoxy) is 1. The van der Waals surface area contributed by atoms with Gasteiger partial charge >= 0.3 is 0 Å². The predicted molar refractivity (Wildman–Crippen MR) is 55.1 cm³/mol. The van der Waals surface area contributed by atoms with E-state index in [2.05, 4.69) is 5.32 Å². The van der Waals surface area contributed by atoms with Crippen LogP contribution >= 0.6 is 0 Å². The molecule has 2 atom stereocenters. The zero-order valence-corrected chi connectivity index (χ0v) is 9.19. The van der Waals surface area contributed by atoms with E-state index in [1.54, 1.807) is 7.11 Å². The van der Waals surface area contributed by atoms with Gasteiger partial charge < -0.3 is 10.1 Å². The molecule has 0 spiro atoms. The first-order valence-corrected chi connectivity index (χ1v) is 5.09. The average Bonchev–Trinajstić information content (AvgIpc) is 2.19. The number of nitrogens with zero attached hydrogens (tertiary/aromatic N) is 2. The molecule has 0 aliphatic carbocycles. The van der Waals surface area contributed by atoms with E-state index in [-0.39, 0.29) is 24.4 Å². The van der Waals surface area contributed by atoms with Gasteiger partial charge in [-0.15, -0.1) is 0 Å². The molecule has 2 unspecified atom stereocenters. The average molecular weight is 211 g/mol. The zero-order valence-electron chi connectivity index (χ0n) is 9.19. The fourth-order valence-corrected chi connectivity index (χ4v) is 1.79. The van der Waals surface area contributed by atoms with Crippen LogP contribution in [0, 0.1) is 11.3 Å². The Hall–Kier alpha value is -1.12. The first-order valence-electron chi connectivity index (χ1n) is 5.09. The van der Waals surface area contributed by atoms with Crippen molar-refractivity contribution >= 4 is 5.91 Å². The summed E-state index contributed by atoms with van der Waals surface area (Å²) in [6.45, 7) is 4.02. The molecular formula is C10H17N3O2. The Balaban J connectivity index is 2.60. The second-order valence-electron chi connectivity index (χ2n) is 3.78. The lowest BCUT2D eigenvalue weighted by molar-refractivity contribution is -0.130. The monoisotopic (exact) mass is 211 g/mol. The van der Waals surface area contributed by atoms with E-state index in [0.29, 0.717) is 13.2 Å². The second-order valence-corrected chi connectivity index (χ2v) is 3.78. The standard InChI is InChI=1S/C10H17N3O2/c1-8-7-13(5-6-15-2)9(3-4-11)10(14)12-8/h8-9H,3,5-7H2,1-2H3,(H,12,14). The van der Waals surface area contributed by atoms with Crippen molar-refractivity contribution < 1.29 is 9.53 Å². The molecular weight excluding hydrogens is 194 g/mol. The van der Waals surface area contributed by atoms with Crippen molar-refractivity contribution in [2.75, 3.05) is 26.8 Å². The number of hydrogen-bond donors (Lipinski definition) is 1. The predicted octanol–water partition coefficient (Wildman–Crippen LogP) is -0.265. The van der Waals surface area contributed by atoms with Crippen LogP contribution in [0.15, 0.2) is 0 Å². The smallest absolute Gasteiger partial charge is 0.238 e. The van der Waals surface area contributed by atoms with E-state index >= 15 is 0 Å². The summed E-state index contributed by atoms with van der Waals surface area (Å²) in [6.07, 6.45) is 0.238. The van der Waals surface area contributed by atoms with Gasteiger partial charge in [-0.3, -0.25) is 9.69 Å². The Kier molecular flexibility index (Phi) is 4.53. The summed E-state index contributed by atoms with van der Waals surface area (Å²) < 4.78 is 4.99. The van der Waals surface area contributed by atoms with Crippen molar-refractivity contribution in [1.29, 1.82) is 5.26 Å². The number of carbonyl (C=O) groups is 1. The number of methoxy groups -OCH3 is 1. The Morgan fingerprint density at radius 2 is 2.47 bits per heavy atom. The molecule has 5 heteroatoms. The van der Waals surface area contributed by atoms with Crippen molar-refractivity contribution in [3.8, 4) is 6.07 Å². The van der Waals surface area contributed by atoms with Gasteiger partial charge in [0.15, 0.2) is 0 Å². The molecule has 0 aromatic carbocycles. The number of amides is 1. The van der Waals surface area contributed by atoms with Crippen LogP contribution in [-0.2, 0) is 9.53 Å². The molecule has 84 valence electrons. The molecule has 1 N–H and O–H groups in total. The summed E-state index contributed by atoms with van der Waals surface area (Å²) in [4.78, 5) is 13.6. The van der Waals surface area contributed by atoms with Crippen LogP contribution in [0.25, 0.3) is 0 Å². The number of piperazine rings is 1. The van der Waals surface area contributed by atoms with Crippen LogP contribution < -0.4 is 5.32 Å². The fourth-order valence-electron chi connectivity index (χ4n) is 1.79. The number of carbonyl (C=O) groups excluding carboxylic acids is 1. The molecule has 0 saturated carbocycles. The lowest BCUT2D eigenvalue weighted by Crippen LogP contribution is -2.59. The zero-order chi connectivity index (χ0) is 11.3. The quantitative estimate of drug-likeness (QED) is 0.695. The number of rotatable bonds is 4. The molecule has 1 amide bonds. The molecule has 1 aliphatic heterocycles. The van der Waals surface area contributed by atoms with Crippen molar-refractivity contribution in [3.63, 3.8) is 0 Å². The minimum absolute atomic E-state index is 0.0496. The Morgan fingerprint density at radius 1 is 1.73 bits per heavy atom. The van der Waals surface area contributed by atoms with Crippen LogP contribution in [0.3, 0.4) is 0 Å². The summed E-state index contributed by atoms with van der Waals surface area (Å²) in [5, 5.41) is 11.5. The molecule has 15 heavy (non-hydrogen) atoms. The van der Waals surface area contributed by atoms with E-state index in [4.69, 9.17) is 10.00 Å². The summed E-state index contributed by atoms with van der Waals surface area (Å²) in [7, 11) is 1.63. The van der Waals surface area contributed by atoms with Gasteiger partial charge in [-0.1, -0.05) is 0 Å². The largest absolute Gasteiger partial charge is 0.383 e. The molecule has 0 radical (unpaired) electrons. The van der Waals surface area contributed by atoms with Crippen LogP contribution in [-0.4, -0.2) is 49.7 Å². The second kappa shape index (κ2) is 5.69. The summed E-state index contributed by atoms with van der Waals surface area (Å²) in [5.41, 5.74) is 0. The van der Waals surface area contributed by atoms with Gasteiger partial charge in [-0.2, -0.15) is 5.26 Å². The molecule has 0 aromatic heterocycles. The maximum atomic E-state index is 11.6. The molecule has 0 bridgehead atoms. The van der Waals surface area contributed by atoms with Gasteiger partial charge in [0.1, 0.15) is 6.04 Å². The van der Waals surface area contributed by atoms with Crippen molar-refractivity contribution in [3.05, 3.63) is 0 Å². The van der Waals surface area contributed by atoms with Gasteiger partial charge in [0, 0.05) is 26.2 Å². The Labute approximate surface area is 90.0 Å². The highest BCUT2D eigenvalue weighted by atomic mass is 16.5. The van der Waals surface area contributed by atoms with Gasteiger partial charge in [0.2, 0.25) is 5.91 Å². The number of nitrogens with one attached hydrogen (secondary N) is 1. The normalized spacial score (nSPS) is 27.1. The molecule has 1 saturated heterocycles. The Morgan fingerprint density at radius 3 is 3.07 bits per heavy atom. The molecule has 5 nitrogen and oxygen atoms in total. The molecule has 1 aliphatic rings. The lowest BCUT2D eigenvalue weighted by Gasteiger charge is -2.37. The minimum Gasteiger partial charge on any atom is -0.383 e. The molecule has 1 rings (SSSR count). The lowest BCUT2D eigenvalue weighted by atomic mass is 10.1. The third-order valence-electron chi connectivity index (χ3n) is 2.51. The number of nitriles is 1. The highest BCUT2D eigenvalue weighted by Gasteiger charge is 2.31.